The highest BCUT2D eigenvalue weighted by molar-refractivity contribution is 9.08. The number of aryl methyl sites for hydroxylation is 1. The van der Waals surface area contributed by atoms with Crippen molar-refractivity contribution in [2.75, 3.05) is 0 Å². The van der Waals surface area contributed by atoms with Gasteiger partial charge in [-0.15, -0.1) is 0 Å². The van der Waals surface area contributed by atoms with Crippen LogP contribution in [0.5, 0.6) is 11.5 Å². The molecule has 0 bridgehead atoms. The Balaban J connectivity index is 2.27. The zero-order valence-corrected chi connectivity index (χ0v) is 12.0. The predicted octanol–water partition coefficient (Wildman–Crippen LogP) is 5.21. The van der Waals surface area contributed by atoms with E-state index in [1.54, 1.807) is 12.1 Å². The summed E-state index contributed by atoms with van der Waals surface area (Å²) in [6.07, 6.45) is 0.906. The van der Waals surface area contributed by atoms with Crippen molar-refractivity contribution in [3.63, 3.8) is 0 Å². The quantitative estimate of drug-likeness (QED) is 0.700. The lowest BCUT2D eigenvalue weighted by Crippen LogP contribution is -1.95. The maximum atomic E-state index is 13.7. The average molecular weight is 327 g/mol. The third-order valence-electron chi connectivity index (χ3n) is 2.76. The Morgan fingerprint density at radius 1 is 1.00 bits per heavy atom. The van der Waals surface area contributed by atoms with Gasteiger partial charge in [-0.1, -0.05) is 35.0 Å². The van der Waals surface area contributed by atoms with Gasteiger partial charge in [0.05, 0.1) is 0 Å². The highest BCUT2D eigenvalue weighted by Gasteiger charge is 2.13. The van der Waals surface area contributed by atoms with Gasteiger partial charge in [0, 0.05) is 5.33 Å². The standard InChI is InChI=1S/C15H13BrF2O/c1-2-10-3-5-12(6-4-10)19-15-13(17)7-11(9-16)8-14(15)18/h3-8H,2,9H2,1H3. The van der Waals surface area contributed by atoms with Crippen molar-refractivity contribution in [2.45, 2.75) is 18.7 Å². The van der Waals surface area contributed by atoms with Gasteiger partial charge in [0.1, 0.15) is 5.75 Å². The number of ether oxygens (including phenoxy) is 1. The molecule has 2 aromatic carbocycles. The minimum Gasteiger partial charge on any atom is -0.451 e. The Hall–Kier alpha value is -1.42. The molecule has 100 valence electrons. The lowest BCUT2D eigenvalue weighted by molar-refractivity contribution is 0.407. The number of alkyl halides is 1. The van der Waals surface area contributed by atoms with E-state index in [2.05, 4.69) is 15.9 Å². The molecule has 0 unspecified atom stereocenters. The molecule has 19 heavy (non-hydrogen) atoms. The van der Waals surface area contributed by atoms with Crippen molar-refractivity contribution >= 4 is 15.9 Å². The van der Waals surface area contributed by atoms with E-state index in [9.17, 15) is 8.78 Å². The Labute approximate surface area is 119 Å². The SMILES string of the molecule is CCc1ccc(Oc2c(F)cc(CBr)cc2F)cc1. The van der Waals surface area contributed by atoms with E-state index >= 15 is 0 Å². The smallest absolute Gasteiger partial charge is 0.198 e. The number of hydrogen-bond donors (Lipinski definition) is 0. The summed E-state index contributed by atoms with van der Waals surface area (Å²) in [7, 11) is 0. The van der Waals surface area contributed by atoms with Crippen molar-refractivity contribution in [2.24, 2.45) is 0 Å². The largest absolute Gasteiger partial charge is 0.451 e. The molecule has 0 N–H and O–H groups in total. The molecular weight excluding hydrogens is 314 g/mol. The summed E-state index contributed by atoms with van der Waals surface area (Å²) in [5.74, 6) is -1.35. The molecule has 0 fully saturated rings. The summed E-state index contributed by atoms with van der Waals surface area (Å²) in [4.78, 5) is 0. The van der Waals surface area contributed by atoms with Gasteiger partial charge in [-0.3, -0.25) is 0 Å². The lowest BCUT2D eigenvalue weighted by atomic mass is 10.2. The third kappa shape index (κ3) is 3.32. The van der Waals surface area contributed by atoms with E-state index < -0.39 is 11.6 Å². The Morgan fingerprint density at radius 2 is 1.58 bits per heavy atom. The highest BCUT2D eigenvalue weighted by Crippen LogP contribution is 2.29. The van der Waals surface area contributed by atoms with E-state index in [1.807, 2.05) is 19.1 Å². The zero-order valence-electron chi connectivity index (χ0n) is 10.4. The van der Waals surface area contributed by atoms with Gasteiger partial charge in [0.25, 0.3) is 0 Å². The molecule has 0 heterocycles. The summed E-state index contributed by atoms with van der Waals surface area (Å²) >= 11 is 3.16. The van der Waals surface area contributed by atoms with E-state index in [0.717, 1.165) is 12.0 Å². The number of hydrogen-bond acceptors (Lipinski definition) is 1. The van der Waals surface area contributed by atoms with Crippen LogP contribution in [0, 0.1) is 11.6 Å². The highest BCUT2D eigenvalue weighted by atomic mass is 79.9. The number of benzene rings is 2. The van der Waals surface area contributed by atoms with Crippen LogP contribution in [0.15, 0.2) is 36.4 Å². The topological polar surface area (TPSA) is 9.23 Å². The minimum absolute atomic E-state index is 0.367. The molecule has 0 aromatic heterocycles. The van der Waals surface area contributed by atoms with Crippen LogP contribution in [0.1, 0.15) is 18.1 Å². The van der Waals surface area contributed by atoms with Crippen molar-refractivity contribution in [3.05, 3.63) is 59.2 Å². The first-order valence-electron chi connectivity index (χ1n) is 5.94. The van der Waals surface area contributed by atoms with E-state index in [-0.39, 0.29) is 5.75 Å². The second kappa shape index (κ2) is 6.15. The summed E-state index contributed by atoms with van der Waals surface area (Å²) in [5.41, 5.74) is 1.67. The lowest BCUT2D eigenvalue weighted by Gasteiger charge is -2.09. The molecule has 0 aliphatic rings. The van der Waals surface area contributed by atoms with Gasteiger partial charge >= 0.3 is 0 Å². The van der Waals surface area contributed by atoms with E-state index in [0.29, 0.717) is 16.6 Å². The Bertz CT molecular complexity index is 544. The summed E-state index contributed by atoms with van der Waals surface area (Å²) in [6.45, 7) is 2.04. The van der Waals surface area contributed by atoms with Crippen LogP contribution in [0.4, 0.5) is 8.78 Å². The van der Waals surface area contributed by atoms with Crippen molar-refractivity contribution in [1.82, 2.24) is 0 Å². The van der Waals surface area contributed by atoms with Gasteiger partial charge in [0.15, 0.2) is 17.4 Å². The summed E-state index contributed by atoms with van der Waals surface area (Å²) < 4.78 is 32.8. The first-order valence-corrected chi connectivity index (χ1v) is 7.07. The van der Waals surface area contributed by atoms with Crippen LogP contribution >= 0.6 is 15.9 Å². The van der Waals surface area contributed by atoms with Crippen LogP contribution in [0.25, 0.3) is 0 Å². The van der Waals surface area contributed by atoms with Crippen LogP contribution in [-0.4, -0.2) is 0 Å². The molecule has 0 radical (unpaired) electrons. The zero-order chi connectivity index (χ0) is 13.8. The van der Waals surface area contributed by atoms with Crippen molar-refractivity contribution in [3.8, 4) is 11.5 Å². The number of rotatable bonds is 4. The molecule has 0 aliphatic heterocycles. The molecule has 0 saturated heterocycles. The summed E-state index contributed by atoms with van der Waals surface area (Å²) in [6, 6.07) is 9.67. The van der Waals surface area contributed by atoms with E-state index in [4.69, 9.17) is 4.74 Å². The molecule has 0 spiro atoms. The number of halogens is 3. The van der Waals surface area contributed by atoms with Crippen molar-refractivity contribution in [1.29, 1.82) is 0 Å². The molecule has 2 rings (SSSR count). The monoisotopic (exact) mass is 326 g/mol. The first kappa shape index (κ1) is 14.0. The average Bonchev–Trinajstić information content (AvgIpc) is 2.43. The molecule has 0 atom stereocenters. The van der Waals surface area contributed by atoms with Gasteiger partial charge < -0.3 is 4.74 Å². The second-order valence-electron chi connectivity index (χ2n) is 4.12. The molecule has 1 nitrogen and oxygen atoms in total. The Morgan fingerprint density at radius 3 is 2.05 bits per heavy atom. The fourth-order valence-corrected chi connectivity index (χ4v) is 2.02. The molecular formula is C15H13BrF2O. The van der Waals surface area contributed by atoms with Gasteiger partial charge in [-0.2, -0.15) is 0 Å². The molecule has 2 aromatic rings. The first-order chi connectivity index (χ1) is 9.13. The second-order valence-corrected chi connectivity index (χ2v) is 4.68. The van der Waals surface area contributed by atoms with Gasteiger partial charge in [0.2, 0.25) is 0 Å². The Kier molecular flexibility index (Phi) is 4.53. The molecule has 0 aliphatic carbocycles. The van der Waals surface area contributed by atoms with Crippen LogP contribution in [0.2, 0.25) is 0 Å². The predicted molar refractivity (Wildman–Crippen MR) is 74.9 cm³/mol. The van der Waals surface area contributed by atoms with Gasteiger partial charge in [-0.05, 0) is 41.8 Å². The normalized spacial score (nSPS) is 10.5. The molecule has 4 heteroatoms. The van der Waals surface area contributed by atoms with Crippen LogP contribution in [-0.2, 0) is 11.8 Å². The van der Waals surface area contributed by atoms with E-state index in [1.165, 1.54) is 12.1 Å². The third-order valence-corrected chi connectivity index (χ3v) is 3.41. The minimum atomic E-state index is -0.700. The maximum Gasteiger partial charge on any atom is 0.198 e. The maximum absolute atomic E-state index is 13.7. The fourth-order valence-electron chi connectivity index (χ4n) is 1.70. The summed E-state index contributed by atoms with van der Waals surface area (Å²) in [5, 5.41) is 0.395. The van der Waals surface area contributed by atoms with Crippen LogP contribution in [0.3, 0.4) is 0 Å². The van der Waals surface area contributed by atoms with Crippen LogP contribution < -0.4 is 4.74 Å². The van der Waals surface area contributed by atoms with Crippen molar-refractivity contribution < 1.29 is 13.5 Å². The fraction of sp³-hybridized carbons (Fsp3) is 0.200. The molecule has 0 saturated carbocycles. The van der Waals surface area contributed by atoms with Gasteiger partial charge in [-0.25, -0.2) is 8.78 Å². The molecule has 0 amide bonds.